The average Bonchev–Trinajstić information content (AvgIpc) is 3.10. The molecule has 1 saturated heterocycles. The second kappa shape index (κ2) is 15.3. The van der Waals surface area contributed by atoms with Crippen LogP contribution in [0.3, 0.4) is 0 Å². The highest BCUT2D eigenvalue weighted by Gasteiger charge is 2.36. The maximum Gasteiger partial charge on any atom is 0.312 e. The van der Waals surface area contributed by atoms with Crippen molar-refractivity contribution in [2.24, 2.45) is 23.5 Å². The predicted molar refractivity (Wildman–Crippen MR) is 131 cm³/mol. The molecule has 4 N–H and O–H groups in total. The SMILES string of the molecule is [2H]CC(=O)[C@H](CCCNC(N)=O)CC(=O)[C@@H](NC(=O)CCCCCN1C(=O)CC(CC)C1=O)C(C)C. The van der Waals surface area contributed by atoms with E-state index in [9.17, 15) is 28.8 Å². The molecule has 10 nitrogen and oxygen atoms in total. The van der Waals surface area contributed by atoms with E-state index in [1.807, 2.05) is 20.8 Å². The van der Waals surface area contributed by atoms with Crippen molar-refractivity contribution in [2.75, 3.05) is 13.1 Å². The Labute approximate surface area is 209 Å². The number of hydrogen-bond acceptors (Lipinski definition) is 6. The predicted octanol–water partition coefficient (Wildman–Crippen LogP) is 2.09. The summed E-state index contributed by atoms with van der Waals surface area (Å²) in [6.07, 6.45) is 3.70. The minimum atomic E-state index is -0.743. The molecule has 0 aromatic heterocycles. The number of carbonyl (C=O) groups is 6. The summed E-state index contributed by atoms with van der Waals surface area (Å²) in [5, 5.41) is 5.22. The van der Waals surface area contributed by atoms with Crippen molar-refractivity contribution in [3.63, 3.8) is 0 Å². The number of ketones is 2. The Morgan fingerprint density at radius 2 is 1.86 bits per heavy atom. The molecule has 3 atom stereocenters. The number of urea groups is 1. The molecule has 1 heterocycles. The molecule has 1 aliphatic heterocycles. The third-order valence-corrected chi connectivity index (χ3v) is 6.38. The van der Waals surface area contributed by atoms with E-state index in [-0.39, 0.29) is 66.9 Å². The van der Waals surface area contributed by atoms with Crippen LogP contribution in [0.1, 0.15) is 86.8 Å². The number of Topliss-reactive ketones (excluding diaryl/α,β-unsaturated/α-hetero) is 2. The van der Waals surface area contributed by atoms with Gasteiger partial charge in [-0.3, -0.25) is 28.9 Å². The first-order valence-electron chi connectivity index (χ1n) is 13.2. The Kier molecular flexibility index (Phi) is 12.4. The van der Waals surface area contributed by atoms with Gasteiger partial charge in [0.1, 0.15) is 5.78 Å². The lowest BCUT2D eigenvalue weighted by Crippen LogP contribution is -2.45. The van der Waals surface area contributed by atoms with Crippen molar-refractivity contribution in [2.45, 2.75) is 91.5 Å². The molecule has 0 radical (unpaired) electrons. The fraction of sp³-hybridized carbons (Fsp3) is 0.760. The van der Waals surface area contributed by atoms with Gasteiger partial charge in [-0.2, -0.15) is 0 Å². The summed E-state index contributed by atoms with van der Waals surface area (Å²) in [4.78, 5) is 73.8. The molecule has 1 rings (SSSR count). The number of rotatable bonds is 17. The Balaban J connectivity index is 2.49. The van der Waals surface area contributed by atoms with E-state index in [1.165, 1.54) is 4.90 Å². The number of amides is 5. The fourth-order valence-corrected chi connectivity index (χ4v) is 4.21. The van der Waals surface area contributed by atoms with Crippen molar-refractivity contribution in [3.8, 4) is 0 Å². The average molecular weight is 496 g/mol. The first kappa shape index (κ1) is 28.5. The lowest BCUT2D eigenvalue weighted by Gasteiger charge is -2.23. The topological polar surface area (TPSA) is 156 Å². The summed E-state index contributed by atoms with van der Waals surface area (Å²) in [5.41, 5.74) is 5.03. The number of nitrogens with one attached hydrogen (secondary N) is 2. The van der Waals surface area contributed by atoms with Gasteiger partial charge in [-0.1, -0.05) is 27.2 Å². The van der Waals surface area contributed by atoms with Crippen LogP contribution in [-0.4, -0.2) is 59.4 Å². The molecular formula is C25H42N4O6. The van der Waals surface area contributed by atoms with Crippen LogP contribution >= 0.6 is 0 Å². The normalized spacial score (nSPS) is 17.8. The van der Waals surface area contributed by atoms with Crippen molar-refractivity contribution < 1.29 is 30.1 Å². The highest BCUT2D eigenvalue weighted by molar-refractivity contribution is 6.03. The minimum absolute atomic E-state index is 0.0753. The van der Waals surface area contributed by atoms with Crippen LogP contribution in [0.25, 0.3) is 0 Å². The van der Waals surface area contributed by atoms with Gasteiger partial charge in [0, 0.05) is 45.6 Å². The molecule has 5 amide bonds. The van der Waals surface area contributed by atoms with Crippen molar-refractivity contribution in [3.05, 3.63) is 0 Å². The van der Waals surface area contributed by atoms with E-state index in [0.717, 1.165) is 0 Å². The quantitative estimate of drug-likeness (QED) is 0.207. The molecule has 1 unspecified atom stereocenters. The monoisotopic (exact) mass is 495 g/mol. The molecule has 1 fully saturated rings. The Bertz CT molecular complexity index is 803. The van der Waals surface area contributed by atoms with E-state index >= 15 is 0 Å². The Morgan fingerprint density at radius 3 is 2.43 bits per heavy atom. The number of hydrogen-bond donors (Lipinski definition) is 3. The second-order valence-corrected chi connectivity index (χ2v) is 9.56. The Morgan fingerprint density at radius 1 is 1.14 bits per heavy atom. The molecular weight excluding hydrogens is 452 g/mol. The zero-order chi connectivity index (χ0) is 27.3. The largest absolute Gasteiger partial charge is 0.352 e. The summed E-state index contributed by atoms with van der Waals surface area (Å²) < 4.78 is 7.38. The van der Waals surface area contributed by atoms with Gasteiger partial charge in [0.15, 0.2) is 5.78 Å². The van der Waals surface area contributed by atoms with Gasteiger partial charge >= 0.3 is 6.03 Å². The number of unbranched alkanes of at least 4 members (excludes halogenated alkanes) is 2. The third-order valence-electron chi connectivity index (χ3n) is 6.38. The summed E-state index contributed by atoms with van der Waals surface area (Å²) in [6.45, 7) is 5.72. The number of nitrogens with two attached hydrogens (primary N) is 1. The lowest BCUT2D eigenvalue weighted by atomic mass is 9.88. The van der Waals surface area contributed by atoms with Crippen molar-refractivity contribution in [1.29, 1.82) is 0 Å². The standard InChI is InChI=1S/C25H42N4O6/c1-5-18-15-22(33)29(24(18)34)13-8-6-7-11-21(32)28-23(16(2)3)20(31)14-19(17(4)30)10-9-12-27-25(26)35/h16,18-19,23H,5-15H2,1-4H3,(H,28,32)(H3,26,27,35)/t18?,19-,23+/m1/s1/i4D. The van der Waals surface area contributed by atoms with Crippen LogP contribution < -0.4 is 16.4 Å². The van der Waals surface area contributed by atoms with Crippen LogP contribution in [0.2, 0.25) is 0 Å². The molecule has 0 aromatic rings. The van der Waals surface area contributed by atoms with Gasteiger partial charge in [-0.25, -0.2) is 4.79 Å². The number of imide groups is 1. The second-order valence-electron chi connectivity index (χ2n) is 9.56. The van der Waals surface area contributed by atoms with Gasteiger partial charge in [0.05, 0.1) is 6.04 Å². The molecule has 0 spiro atoms. The number of carbonyl (C=O) groups excluding carboxylic acids is 6. The van der Waals surface area contributed by atoms with Crippen LogP contribution in [-0.2, 0) is 24.0 Å². The smallest absolute Gasteiger partial charge is 0.312 e. The highest BCUT2D eigenvalue weighted by Crippen LogP contribution is 2.23. The van der Waals surface area contributed by atoms with E-state index in [0.29, 0.717) is 45.1 Å². The first-order valence-corrected chi connectivity index (χ1v) is 12.5. The van der Waals surface area contributed by atoms with E-state index in [4.69, 9.17) is 7.10 Å². The summed E-state index contributed by atoms with van der Waals surface area (Å²) >= 11 is 0. The molecule has 0 aromatic carbocycles. The van der Waals surface area contributed by atoms with Crippen LogP contribution in [0.4, 0.5) is 4.79 Å². The first-order chi connectivity index (χ1) is 17.0. The molecule has 35 heavy (non-hydrogen) atoms. The van der Waals surface area contributed by atoms with Gasteiger partial charge in [0.2, 0.25) is 17.7 Å². The zero-order valence-corrected chi connectivity index (χ0v) is 21.3. The van der Waals surface area contributed by atoms with E-state index in [2.05, 4.69) is 10.6 Å². The molecule has 0 bridgehead atoms. The lowest BCUT2D eigenvalue weighted by molar-refractivity contribution is -0.139. The molecule has 1 aliphatic rings. The fourth-order valence-electron chi connectivity index (χ4n) is 4.21. The van der Waals surface area contributed by atoms with Gasteiger partial charge in [-0.05, 0) is 44.9 Å². The van der Waals surface area contributed by atoms with E-state index in [1.54, 1.807) is 0 Å². The Hall–Kier alpha value is -2.78. The van der Waals surface area contributed by atoms with Gasteiger partial charge < -0.3 is 16.4 Å². The number of primary amides is 1. The van der Waals surface area contributed by atoms with Crippen LogP contribution in [0, 0.1) is 17.8 Å². The van der Waals surface area contributed by atoms with Crippen molar-refractivity contribution >= 4 is 35.3 Å². The molecule has 10 heteroatoms. The zero-order valence-electron chi connectivity index (χ0n) is 22.3. The maximum absolute atomic E-state index is 12.9. The van der Waals surface area contributed by atoms with Crippen LogP contribution in [0.5, 0.6) is 0 Å². The maximum atomic E-state index is 12.9. The number of nitrogens with zero attached hydrogens (tertiary/aromatic N) is 1. The summed E-state index contributed by atoms with van der Waals surface area (Å²) in [5.74, 6) is -2.15. The van der Waals surface area contributed by atoms with E-state index < -0.39 is 24.9 Å². The van der Waals surface area contributed by atoms with Gasteiger partial charge in [0.25, 0.3) is 0 Å². The van der Waals surface area contributed by atoms with Crippen LogP contribution in [0.15, 0.2) is 0 Å². The molecule has 198 valence electrons. The summed E-state index contributed by atoms with van der Waals surface area (Å²) in [7, 11) is 0. The highest BCUT2D eigenvalue weighted by atomic mass is 16.2. The third kappa shape index (κ3) is 10.6. The number of likely N-dealkylation sites (tertiary alicyclic amines) is 1. The van der Waals surface area contributed by atoms with Crippen molar-refractivity contribution in [1.82, 2.24) is 15.5 Å². The summed E-state index contributed by atoms with van der Waals surface area (Å²) in [6, 6.07) is -1.41. The molecule has 0 aliphatic carbocycles. The van der Waals surface area contributed by atoms with Gasteiger partial charge in [-0.15, -0.1) is 0 Å². The minimum Gasteiger partial charge on any atom is -0.352 e. The molecule has 0 saturated carbocycles.